The van der Waals surface area contributed by atoms with Gasteiger partial charge in [-0.1, -0.05) is 11.6 Å². The fourth-order valence-electron chi connectivity index (χ4n) is 2.19. The van der Waals surface area contributed by atoms with Gasteiger partial charge in [-0.15, -0.1) is 0 Å². The van der Waals surface area contributed by atoms with Crippen molar-refractivity contribution < 1.29 is 14.5 Å². The molecule has 3 rings (SSSR count). The van der Waals surface area contributed by atoms with Crippen LogP contribution in [0.4, 0.5) is 5.69 Å². The largest absolute Gasteiger partial charge is 0.465 e. The number of fused-ring (bicyclic) bond motifs is 1. The van der Waals surface area contributed by atoms with Gasteiger partial charge in [0.05, 0.1) is 33.7 Å². The molecule has 0 radical (unpaired) electrons. The molecular weight excluding hydrogens is 322 g/mol. The van der Waals surface area contributed by atoms with Gasteiger partial charge in [0.2, 0.25) is 0 Å². The number of hydrogen-bond acceptors (Lipinski definition) is 5. The number of nitro benzene ring substituents is 1. The zero-order valence-electron chi connectivity index (χ0n) is 11.9. The highest BCUT2D eigenvalue weighted by Gasteiger charge is 2.15. The second-order valence-corrected chi connectivity index (χ2v) is 5.14. The molecule has 0 spiro atoms. The molecule has 0 bridgehead atoms. The molecule has 0 aliphatic heterocycles. The van der Waals surface area contributed by atoms with Crippen LogP contribution in [-0.4, -0.2) is 28.0 Å². The van der Waals surface area contributed by atoms with Crippen LogP contribution >= 0.6 is 11.6 Å². The third-order valence-corrected chi connectivity index (χ3v) is 3.65. The summed E-state index contributed by atoms with van der Waals surface area (Å²) in [6, 6.07) is 8.98. The van der Waals surface area contributed by atoms with Crippen LogP contribution in [0, 0.1) is 10.1 Å². The normalized spacial score (nSPS) is 10.7. The van der Waals surface area contributed by atoms with Crippen molar-refractivity contribution in [1.82, 2.24) is 9.97 Å². The van der Waals surface area contributed by atoms with Gasteiger partial charge in [0, 0.05) is 17.7 Å². The Hall–Kier alpha value is -2.93. The van der Waals surface area contributed by atoms with Crippen molar-refractivity contribution in [3.63, 3.8) is 0 Å². The summed E-state index contributed by atoms with van der Waals surface area (Å²) in [4.78, 5) is 29.3. The van der Waals surface area contributed by atoms with Crippen molar-refractivity contribution in [1.29, 1.82) is 0 Å². The highest BCUT2D eigenvalue weighted by Crippen LogP contribution is 2.31. The Bertz CT molecular complexity index is 936. The summed E-state index contributed by atoms with van der Waals surface area (Å²) in [5, 5.41) is 11.2. The van der Waals surface area contributed by atoms with Crippen molar-refractivity contribution in [3.05, 3.63) is 57.1 Å². The van der Waals surface area contributed by atoms with Crippen LogP contribution in [0.15, 0.2) is 36.4 Å². The minimum Gasteiger partial charge on any atom is -0.465 e. The maximum atomic E-state index is 11.6. The van der Waals surface area contributed by atoms with Gasteiger partial charge in [-0.2, -0.15) is 0 Å². The van der Waals surface area contributed by atoms with Crippen LogP contribution in [0.2, 0.25) is 5.02 Å². The van der Waals surface area contributed by atoms with Crippen LogP contribution in [0.1, 0.15) is 10.4 Å². The van der Waals surface area contributed by atoms with Crippen LogP contribution < -0.4 is 0 Å². The molecule has 0 atom stereocenters. The summed E-state index contributed by atoms with van der Waals surface area (Å²) in [6.45, 7) is 0. The standard InChI is InChI=1S/C15H10ClN3O4/c1-23-15(20)8-2-5-12-13(6-8)18-14(17-12)10-7-9(19(21)22)3-4-11(10)16/h2-7H,1H3,(H,17,18). The van der Waals surface area contributed by atoms with Crippen LogP contribution in [0.25, 0.3) is 22.4 Å². The van der Waals surface area contributed by atoms with Crippen LogP contribution in [0.3, 0.4) is 0 Å². The van der Waals surface area contributed by atoms with Gasteiger partial charge >= 0.3 is 5.97 Å². The Morgan fingerprint density at radius 3 is 2.78 bits per heavy atom. The first-order valence-electron chi connectivity index (χ1n) is 6.52. The fourth-order valence-corrected chi connectivity index (χ4v) is 2.39. The van der Waals surface area contributed by atoms with Crippen molar-refractivity contribution in [3.8, 4) is 11.4 Å². The number of aromatic nitrogens is 2. The molecule has 7 nitrogen and oxygen atoms in total. The van der Waals surface area contributed by atoms with E-state index in [4.69, 9.17) is 11.6 Å². The summed E-state index contributed by atoms with van der Waals surface area (Å²) < 4.78 is 4.66. The van der Waals surface area contributed by atoms with E-state index in [2.05, 4.69) is 14.7 Å². The quantitative estimate of drug-likeness (QED) is 0.449. The third-order valence-electron chi connectivity index (χ3n) is 3.32. The second kappa shape index (κ2) is 5.69. The maximum absolute atomic E-state index is 11.6. The zero-order chi connectivity index (χ0) is 16.6. The van der Waals surface area contributed by atoms with Gasteiger partial charge in [-0.25, -0.2) is 9.78 Å². The number of non-ortho nitro benzene ring substituents is 1. The van der Waals surface area contributed by atoms with E-state index in [9.17, 15) is 14.9 Å². The van der Waals surface area contributed by atoms with E-state index in [-0.39, 0.29) is 5.69 Å². The maximum Gasteiger partial charge on any atom is 0.337 e. The number of aromatic amines is 1. The average Bonchev–Trinajstić information content (AvgIpc) is 2.96. The number of carbonyl (C=O) groups is 1. The SMILES string of the molecule is COC(=O)c1ccc2[nH]c(-c3cc([N+](=O)[O-])ccc3Cl)nc2c1. The molecule has 0 unspecified atom stereocenters. The van der Waals surface area contributed by atoms with Gasteiger partial charge in [0.15, 0.2) is 0 Å². The Balaban J connectivity index is 2.12. The molecule has 0 amide bonds. The van der Waals surface area contributed by atoms with Crippen LogP contribution in [0.5, 0.6) is 0 Å². The predicted molar refractivity (Wildman–Crippen MR) is 84.5 cm³/mol. The number of rotatable bonds is 3. The van der Waals surface area contributed by atoms with E-state index < -0.39 is 10.9 Å². The average molecular weight is 332 g/mol. The molecule has 0 fully saturated rings. The lowest BCUT2D eigenvalue weighted by Crippen LogP contribution is -2.00. The summed E-state index contributed by atoms with van der Waals surface area (Å²) >= 11 is 6.11. The number of benzene rings is 2. The van der Waals surface area contributed by atoms with Crippen molar-refractivity contribution >= 4 is 34.3 Å². The number of nitrogens with one attached hydrogen (secondary N) is 1. The highest BCUT2D eigenvalue weighted by atomic mass is 35.5. The number of imidazole rings is 1. The Kier molecular flexibility index (Phi) is 3.71. The number of ether oxygens (including phenoxy) is 1. The Morgan fingerprint density at radius 2 is 2.09 bits per heavy atom. The van der Waals surface area contributed by atoms with Crippen molar-refractivity contribution in [2.24, 2.45) is 0 Å². The van der Waals surface area contributed by atoms with E-state index in [0.717, 1.165) is 0 Å². The number of methoxy groups -OCH3 is 1. The number of esters is 1. The molecule has 116 valence electrons. The van der Waals surface area contributed by atoms with E-state index in [1.54, 1.807) is 18.2 Å². The smallest absolute Gasteiger partial charge is 0.337 e. The summed E-state index contributed by atoms with van der Waals surface area (Å²) in [6.07, 6.45) is 0. The van der Waals surface area contributed by atoms with Crippen molar-refractivity contribution in [2.45, 2.75) is 0 Å². The lowest BCUT2D eigenvalue weighted by molar-refractivity contribution is -0.384. The molecule has 1 N–H and O–H groups in total. The van der Waals surface area contributed by atoms with Gasteiger partial charge in [0.1, 0.15) is 5.82 Å². The summed E-state index contributed by atoms with van der Waals surface area (Å²) in [5.74, 6) is -0.0828. The van der Waals surface area contributed by atoms with Gasteiger partial charge in [-0.05, 0) is 24.3 Å². The number of carbonyl (C=O) groups excluding carboxylic acids is 1. The van der Waals surface area contributed by atoms with Crippen molar-refractivity contribution in [2.75, 3.05) is 7.11 Å². The molecule has 2 aromatic carbocycles. The van der Waals surface area contributed by atoms with Gasteiger partial charge < -0.3 is 9.72 Å². The molecule has 0 aliphatic rings. The zero-order valence-corrected chi connectivity index (χ0v) is 12.6. The second-order valence-electron chi connectivity index (χ2n) is 4.73. The molecule has 1 aromatic heterocycles. The number of halogens is 1. The minimum atomic E-state index is -0.502. The molecule has 23 heavy (non-hydrogen) atoms. The van der Waals surface area contributed by atoms with E-state index >= 15 is 0 Å². The van der Waals surface area contributed by atoms with Crippen LogP contribution in [-0.2, 0) is 4.74 Å². The predicted octanol–water partition coefficient (Wildman–Crippen LogP) is 3.58. The van der Waals surface area contributed by atoms with E-state index in [1.165, 1.54) is 25.3 Å². The molecular formula is C15H10ClN3O4. The van der Waals surface area contributed by atoms with Gasteiger partial charge in [-0.3, -0.25) is 10.1 Å². The van der Waals surface area contributed by atoms with E-state index in [0.29, 0.717) is 33.0 Å². The molecule has 3 aromatic rings. The lowest BCUT2D eigenvalue weighted by Gasteiger charge is -2.00. The number of nitrogens with zero attached hydrogens (tertiary/aromatic N) is 2. The number of hydrogen-bond donors (Lipinski definition) is 1. The lowest BCUT2D eigenvalue weighted by atomic mass is 10.2. The first-order chi connectivity index (χ1) is 11.0. The molecule has 0 saturated heterocycles. The first kappa shape index (κ1) is 15.0. The monoisotopic (exact) mass is 331 g/mol. The molecule has 1 heterocycles. The fraction of sp³-hybridized carbons (Fsp3) is 0.0667. The minimum absolute atomic E-state index is 0.0832. The molecule has 0 saturated carbocycles. The summed E-state index contributed by atoms with van der Waals surface area (Å²) in [5.41, 5.74) is 1.90. The first-order valence-corrected chi connectivity index (χ1v) is 6.90. The Labute approximate surface area is 135 Å². The highest BCUT2D eigenvalue weighted by molar-refractivity contribution is 6.33. The van der Waals surface area contributed by atoms with Gasteiger partial charge in [0.25, 0.3) is 5.69 Å². The third kappa shape index (κ3) is 2.74. The summed E-state index contributed by atoms with van der Waals surface area (Å²) in [7, 11) is 1.30. The molecule has 0 aliphatic carbocycles. The number of nitro groups is 1. The van der Waals surface area contributed by atoms with E-state index in [1.807, 2.05) is 0 Å². The number of H-pyrrole nitrogens is 1. The molecule has 8 heteroatoms. The Morgan fingerprint density at radius 1 is 1.30 bits per heavy atom. The topological polar surface area (TPSA) is 98.1 Å².